The minimum Gasteiger partial charge on any atom is -0.495 e. The molecule has 0 radical (unpaired) electrons. The minimum atomic E-state index is -0.582. The second-order valence-corrected chi connectivity index (χ2v) is 11.7. The number of thioether (sulfide) groups is 1. The number of carbonyl (C=O) groups is 3. The van der Waals surface area contributed by atoms with Crippen LogP contribution in [-0.2, 0) is 9.59 Å². The van der Waals surface area contributed by atoms with Crippen molar-refractivity contribution in [1.82, 2.24) is 5.32 Å². The lowest BCUT2D eigenvalue weighted by Crippen LogP contribution is -2.30. The molecule has 3 amide bonds. The van der Waals surface area contributed by atoms with Crippen LogP contribution in [-0.4, -0.2) is 30.1 Å². The number of anilines is 2. The molecule has 0 fully saturated rings. The van der Waals surface area contributed by atoms with Gasteiger partial charge in [-0.3, -0.25) is 14.4 Å². The van der Waals surface area contributed by atoms with E-state index in [9.17, 15) is 14.4 Å². The number of methoxy groups -OCH3 is 1. The molecule has 220 valence electrons. The van der Waals surface area contributed by atoms with Crippen molar-refractivity contribution < 1.29 is 19.1 Å². The van der Waals surface area contributed by atoms with E-state index in [2.05, 4.69) is 16.0 Å². The fourth-order valence-electron chi connectivity index (χ4n) is 3.85. The molecule has 0 saturated heterocycles. The molecule has 11 heteroatoms. The lowest BCUT2D eigenvalue weighted by molar-refractivity contribution is -0.115. The van der Waals surface area contributed by atoms with Crippen molar-refractivity contribution >= 4 is 81.7 Å². The quantitative estimate of drug-likeness (QED) is 0.118. The second-order valence-electron chi connectivity index (χ2n) is 9.10. The maximum Gasteiger partial charge on any atom is 0.272 e. The van der Waals surface area contributed by atoms with E-state index in [4.69, 9.17) is 39.5 Å². The van der Waals surface area contributed by atoms with Crippen molar-refractivity contribution in [1.29, 1.82) is 0 Å². The summed E-state index contributed by atoms with van der Waals surface area (Å²) in [5, 5.41) is 8.84. The van der Waals surface area contributed by atoms with Gasteiger partial charge in [0.1, 0.15) is 11.4 Å². The number of carbonyl (C=O) groups excluding carboxylic acids is 3. The Balaban J connectivity index is 1.51. The lowest BCUT2D eigenvalue weighted by atomic mass is 10.1. The summed E-state index contributed by atoms with van der Waals surface area (Å²) in [5.74, 6) is -0.823. The average molecular weight is 655 g/mol. The summed E-state index contributed by atoms with van der Waals surface area (Å²) in [6, 6.07) is 25.5. The number of ether oxygens (including phenoxy) is 1. The van der Waals surface area contributed by atoms with E-state index in [0.717, 1.165) is 4.90 Å². The van der Waals surface area contributed by atoms with Gasteiger partial charge in [0, 0.05) is 21.2 Å². The largest absolute Gasteiger partial charge is 0.495 e. The summed E-state index contributed by atoms with van der Waals surface area (Å²) < 4.78 is 5.31. The highest BCUT2D eigenvalue weighted by Gasteiger charge is 2.19. The molecule has 0 spiro atoms. The SMILES string of the molecule is COc1ccc(Cl)cc1NC(=O)C(C)Sc1cccc(NC(=O)/C(=C\c2cccc(Cl)c2Cl)NC(=O)c2ccccc2)c1. The van der Waals surface area contributed by atoms with Gasteiger partial charge in [-0.15, -0.1) is 11.8 Å². The van der Waals surface area contributed by atoms with Gasteiger partial charge in [0.2, 0.25) is 5.91 Å². The number of hydrogen-bond donors (Lipinski definition) is 3. The van der Waals surface area contributed by atoms with Crippen LogP contribution in [0.25, 0.3) is 6.08 Å². The first kappa shape index (κ1) is 32.0. The van der Waals surface area contributed by atoms with Crippen LogP contribution in [0.15, 0.2) is 102 Å². The topological polar surface area (TPSA) is 96.5 Å². The maximum atomic E-state index is 13.4. The molecule has 4 aromatic carbocycles. The summed E-state index contributed by atoms with van der Waals surface area (Å²) in [4.78, 5) is 40.0. The van der Waals surface area contributed by atoms with Gasteiger partial charge in [-0.1, -0.05) is 71.2 Å². The molecule has 1 atom stereocenters. The van der Waals surface area contributed by atoms with Crippen LogP contribution in [0.1, 0.15) is 22.8 Å². The Labute approximate surface area is 268 Å². The minimum absolute atomic E-state index is 0.0423. The Morgan fingerprint density at radius 1 is 0.860 bits per heavy atom. The number of benzene rings is 4. The summed E-state index contributed by atoms with van der Waals surface area (Å²) in [5.41, 5.74) is 1.70. The zero-order valence-corrected chi connectivity index (χ0v) is 26.1. The Hall–Kier alpha value is -3.95. The third-order valence-electron chi connectivity index (χ3n) is 6.00. The molecular formula is C32H26Cl3N3O4S. The first-order valence-electron chi connectivity index (χ1n) is 12.9. The first-order chi connectivity index (χ1) is 20.6. The molecule has 0 saturated carbocycles. The van der Waals surface area contributed by atoms with Crippen molar-refractivity contribution in [2.75, 3.05) is 17.7 Å². The highest BCUT2D eigenvalue weighted by molar-refractivity contribution is 8.00. The predicted molar refractivity (Wildman–Crippen MR) is 175 cm³/mol. The Bertz CT molecular complexity index is 1680. The maximum absolute atomic E-state index is 13.4. The number of halogens is 3. The number of nitrogens with one attached hydrogen (secondary N) is 3. The van der Waals surface area contributed by atoms with Crippen LogP contribution in [0.3, 0.4) is 0 Å². The Morgan fingerprint density at radius 3 is 2.35 bits per heavy atom. The highest BCUT2D eigenvalue weighted by Crippen LogP contribution is 2.31. The molecule has 0 aliphatic heterocycles. The Kier molecular flexibility index (Phi) is 11.1. The molecule has 0 heterocycles. The molecule has 1 unspecified atom stereocenters. The van der Waals surface area contributed by atoms with Crippen LogP contribution in [0.4, 0.5) is 11.4 Å². The predicted octanol–water partition coefficient (Wildman–Crippen LogP) is 8.18. The summed E-state index contributed by atoms with van der Waals surface area (Å²) in [6.45, 7) is 1.76. The van der Waals surface area contributed by atoms with E-state index in [-0.39, 0.29) is 16.6 Å². The van der Waals surface area contributed by atoms with Crippen LogP contribution in [0.5, 0.6) is 5.75 Å². The monoisotopic (exact) mass is 653 g/mol. The van der Waals surface area contributed by atoms with Crippen LogP contribution < -0.4 is 20.7 Å². The van der Waals surface area contributed by atoms with Gasteiger partial charge in [0.15, 0.2) is 0 Å². The fraction of sp³-hybridized carbons (Fsp3) is 0.0938. The molecule has 0 aliphatic rings. The van der Waals surface area contributed by atoms with Crippen molar-refractivity contribution in [3.05, 3.63) is 123 Å². The van der Waals surface area contributed by atoms with Gasteiger partial charge in [-0.25, -0.2) is 0 Å². The van der Waals surface area contributed by atoms with Gasteiger partial charge < -0.3 is 20.7 Å². The third-order valence-corrected chi connectivity index (χ3v) is 8.17. The number of amides is 3. The van der Waals surface area contributed by atoms with E-state index in [1.807, 2.05) is 6.07 Å². The Morgan fingerprint density at radius 2 is 1.60 bits per heavy atom. The van der Waals surface area contributed by atoms with Crippen molar-refractivity contribution in [2.24, 2.45) is 0 Å². The standard InChI is InChI=1S/C32H26Cl3N3O4S/c1-19(30(39)37-26-17-22(33)14-15-28(26)42-2)43-24-12-7-11-23(18-24)36-32(41)27(16-21-10-6-13-25(34)29(21)35)38-31(40)20-8-4-3-5-9-20/h3-19H,1-2H3,(H,36,41)(H,37,39)(H,38,40)/b27-16+. The van der Waals surface area contributed by atoms with Crippen molar-refractivity contribution in [2.45, 2.75) is 17.1 Å². The molecular weight excluding hydrogens is 629 g/mol. The highest BCUT2D eigenvalue weighted by atomic mass is 35.5. The van der Waals surface area contributed by atoms with Crippen molar-refractivity contribution in [3.63, 3.8) is 0 Å². The molecule has 0 bridgehead atoms. The van der Waals surface area contributed by atoms with E-state index >= 15 is 0 Å². The third kappa shape index (κ3) is 8.78. The summed E-state index contributed by atoms with van der Waals surface area (Å²) >= 11 is 19.9. The van der Waals surface area contributed by atoms with Crippen LogP contribution >= 0.6 is 46.6 Å². The molecule has 4 rings (SSSR count). The van der Waals surface area contributed by atoms with Gasteiger partial charge in [0.05, 0.1) is 28.1 Å². The number of rotatable bonds is 10. The van der Waals surface area contributed by atoms with Gasteiger partial charge in [-0.05, 0) is 73.2 Å². The first-order valence-corrected chi connectivity index (χ1v) is 14.9. The smallest absolute Gasteiger partial charge is 0.272 e. The van der Waals surface area contributed by atoms with Crippen LogP contribution in [0.2, 0.25) is 15.1 Å². The van der Waals surface area contributed by atoms with Gasteiger partial charge in [0.25, 0.3) is 11.8 Å². The number of hydrogen-bond acceptors (Lipinski definition) is 5. The molecule has 43 heavy (non-hydrogen) atoms. The molecule has 4 aromatic rings. The fourth-order valence-corrected chi connectivity index (χ4v) is 5.31. The van der Waals surface area contributed by atoms with E-state index in [1.165, 1.54) is 24.9 Å². The van der Waals surface area contributed by atoms with E-state index in [0.29, 0.717) is 38.3 Å². The molecule has 0 aromatic heterocycles. The van der Waals surface area contributed by atoms with E-state index < -0.39 is 17.1 Å². The zero-order valence-electron chi connectivity index (χ0n) is 23.0. The molecule has 0 aliphatic carbocycles. The second kappa shape index (κ2) is 15.0. The van der Waals surface area contributed by atoms with E-state index in [1.54, 1.807) is 91.9 Å². The average Bonchev–Trinajstić information content (AvgIpc) is 2.99. The van der Waals surface area contributed by atoms with Gasteiger partial charge in [-0.2, -0.15) is 0 Å². The summed E-state index contributed by atoms with van der Waals surface area (Å²) in [7, 11) is 1.51. The normalized spacial score (nSPS) is 11.8. The molecule has 7 nitrogen and oxygen atoms in total. The summed E-state index contributed by atoms with van der Waals surface area (Å²) in [6.07, 6.45) is 1.46. The van der Waals surface area contributed by atoms with Crippen molar-refractivity contribution in [3.8, 4) is 5.75 Å². The van der Waals surface area contributed by atoms with Gasteiger partial charge >= 0.3 is 0 Å². The zero-order chi connectivity index (χ0) is 30.9. The molecule has 3 N–H and O–H groups in total. The van der Waals surface area contributed by atoms with Crippen LogP contribution in [0, 0.1) is 0 Å². The lowest BCUT2D eigenvalue weighted by Gasteiger charge is -2.15.